The van der Waals surface area contributed by atoms with Gasteiger partial charge in [-0.1, -0.05) is 154 Å². The normalized spacial score (nSPS) is 13.4. The third kappa shape index (κ3) is 22.7. The van der Waals surface area contributed by atoms with Crippen LogP contribution in [-0.4, -0.2) is 96.9 Å². The molecule has 0 unspecified atom stereocenters. The summed E-state index contributed by atoms with van der Waals surface area (Å²) in [6.07, 6.45) is -4.43. The Morgan fingerprint density at radius 1 is 0.407 bits per heavy atom. The lowest BCUT2D eigenvalue weighted by Gasteiger charge is -2.36. The summed E-state index contributed by atoms with van der Waals surface area (Å²) in [5.74, 6) is 0.357. The fraction of sp³-hybridized carbons (Fsp3) is 0.164. The molecule has 22 nitrogen and oxygen atoms in total. The van der Waals surface area contributed by atoms with Gasteiger partial charge in [0.25, 0.3) is 0 Å². The van der Waals surface area contributed by atoms with Gasteiger partial charge in [0, 0.05) is 108 Å². The van der Waals surface area contributed by atoms with E-state index in [0.717, 1.165) is 81.2 Å². The first-order chi connectivity index (χ1) is 66.8. The van der Waals surface area contributed by atoms with Gasteiger partial charge >= 0.3 is 6.18 Å². The van der Waals surface area contributed by atoms with Gasteiger partial charge in [-0.25, -0.2) is 41.9 Å². The highest BCUT2D eigenvalue weighted by Gasteiger charge is 2.37. The second kappa shape index (κ2) is 43.6. The number of nitrogens with one attached hydrogen (secondary N) is 5. The first kappa shape index (κ1) is 97.9. The van der Waals surface area contributed by atoms with Gasteiger partial charge in [0.05, 0.1) is 71.0 Å². The number of anilines is 11. The van der Waals surface area contributed by atoms with Crippen molar-refractivity contribution in [2.24, 2.45) is 0 Å². The molecule has 718 valence electrons. The Morgan fingerprint density at radius 2 is 0.821 bits per heavy atom. The van der Waals surface area contributed by atoms with Crippen molar-refractivity contribution in [3.8, 4) is 28.5 Å². The van der Waals surface area contributed by atoms with Crippen LogP contribution in [0.5, 0.6) is 5.75 Å². The number of aryl methyl sites for hydroxylation is 2. The van der Waals surface area contributed by atoms with Crippen LogP contribution >= 0.6 is 0 Å². The number of nitrogens with zero attached hydrogens (tertiary/aromatic N) is 10. The maximum Gasteiger partial charge on any atom is 0.417 e. The molecule has 0 radical (unpaired) electrons. The number of alkyl halides is 3. The minimum Gasteiger partial charge on any atom is -0.497 e. The number of hydrogen-bond donors (Lipinski definition) is 5. The molecule has 20 rings (SSSR count). The molecular weight excluding hydrogens is 1800 g/mol. The summed E-state index contributed by atoms with van der Waals surface area (Å²) >= 11 is 0. The molecule has 10 aromatic carbocycles. The van der Waals surface area contributed by atoms with E-state index in [1.54, 1.807) is 41.2 Å². The first-order valence-corrected chi connectivity index (χ1v) is 44.3. The van der Waals surface area contributed by atoms with Crippen LogP contribution in [0.2, 0.25) is 0 Å². The summed E-state index contributed by atoms with van der Waals surface area (Å²) < 4.78 is 137. The number of fused-ring (bicyclic) bond motifs is 4. The number of benzene rings is 10. The van der Waals surface area contributed by atoms with Gasteiger partial charge in [-0.05, 0) is 208 Å². The Hall–Kier alpha value is -16.6. The number of rotatable bonds is 20. The summed E-state index contributed by atoms with van der Waals surface area (Å²) in [6, 6.07) is 91.2. The zero-order chi connectivity index (χ0) is 96.3. The fourth-order valence-corrected chi connectivity index (χ4v) is 16.8. The Kier molecular flexibility index (Phi) is 30.5. The topological polar surface area (TPSA) is 234 Å². The Morgan fingerprint density at radius 3 is 1.31 bits per heavy atom. The fourth-order valence-electron chi connectivity index (χ4n) is 16.8. The standard InChI is InChI=1S/C29H26N4O2.C28H23N3O.C26H23F3N4O2.C25H19F5N4O2.2CH4.3H2/c1-20-17-26(30-19-21-13-15-24(35-2)16-14-21)32-29-28(20)25(34)18-27(31-22-9-5-3-6-10-22)33(29)23-11-7-4-8-12-23;1-20-17-23(18-21-11-5-2-6-12-21)30-28-27(20)25(32)19-26(29-22-13-7-3-8-14-22)31(28)24-15-9-4-10-16-24;1-15-13-32(14-16(2)35-15)26-22(29)11-21-23(34)12-24(30-19-7-3-5-17(27)9-19)33(25(21)31-26)20-8-4-6-18(28)10-20;26-15-3-1-5-17(11-15)31-22-14-20(35)23-19(25(28,29)30)13-21(33-7-9-36-10-8-33)32-24(23)34(22)18-6-2-4-16(27)12-18;;;;;/h3-18,31H,19H2,1-2H3,(H,30,32);2-17,19,29H,18H2,1H3;3-12,15-16,30H,13-14H2,1-2H3;1-6,11-14,31H,7-10H2;2*1H4;3*1H/t;;15-,16+;;;;;;. The average Bonchev–Trinajstić information content (AvgIpc) is 0.745. The molecule has 2 aliphatic heterocycles. The molecule has 2 aliphatic rings. The summed E-state index contributed by atoms with van der Waals surface area (Å²) in [7, 11) is 1.65. The highest BCUT2D eigenvalue weighted by molar-refractivity contribution is 5.89. The number of morpholine rings is 2. The molecule has 0 saturated carbocycles. The van der Waals surface area contributed by atoms with Crippen LogP contribution in [-0.2, 0) is 28.6 Å². The molecule has 0 amide bonds. The lowest BCUT2D eigenvalue weighted by Crippen LogP contribution is -2.46. The van der Waals surface area contributed by atoms with Crippen molar-refractivity contribution in [3.05, 3.63) is 425 Å². The van der Waals surface area contributed by atoms with E-state index in [4.69, 9.17) is 24.2 Å². The van der Waals surface area contributed by atoms with Gasteiger partial charge in [0.1, 0.15) is 63.9 Å². The highest BCUT2D eigenvalue weighted by Crippen LogP contribution is 2.40. The molecular formula is C110H105F8N15O7. The van der Waals surface area contributed by atoms with E-state index in [0.29, 0.717) is 103 Å². The predicted octanol–water partition coefficient (Wildman–Crippen LogP) is 24.5. The number of methoxy groups -OCH3 is 1. The quantitative estimate of drug-likeness (QED) is 0.0446. The SMILES string of the molecule is C.C.COc1ccc(CNc2cc(C)c3c(=O)cc(Nc4ccccc4)n(-c4ccccc4)c3n2)cc1.C[C@@H]1CN(c2nc3c(cc2F)c(=O)cc(Nc2cccc(F)c2)n3-c2cccc(F)c2)C[C@H](C)O1.Cc1cc(Cc2ccccc2)nc2c1c(=O)cc(Nc1ccccc1)n2-c1ccccc1.O=c1cc(Nc2cccc(F)c2)n(-c2cccc(F)c2)c2nc(N3CCOCC3)cc(C(F)(F)F)c12.[HH].[HH].[HH]. The summed E-state index contributed by atoms with van der Waals surface area (Å²) in [5, 5.41) is 16.7. The number of hydrogen-bond acceptors (Lipinski definition) is 18. The second-order valence-corrected chi connectivity index (χ2v) is 33.0. The Labute approximate surface area is 805 Å². The monoisotopic (exact) mass is 1900 g/mol. The molecule has 140 heavy (non-hydrogen) atoms. The summed E-state index contributed by atoms with van der Waals surface area (Å²) in [6.45, 7) is 10.4. The van der Waals surface area contributed by atoms with Crippen molar-refractivity contribution < 1.29 is 53.6 Å². The van der Waals surface area contributed by atoms with Crippen LogP contribution in [0.15, 0.2) is 341 Å². The first-order valence-electron chi connectivity index (χ1n) is 44.3. The minimum atomic E-state index is -4.86. The van der Waals surface area contributed by atoms with Crippen LogP contribution in [0.25, 0.3) is 66.9 Å². The van der Waals surface area contributed by atoms with Crippen LogP contribution in [0.3, 0.4) is 0 Å². The molecule has 2 atom stereocenters. The van der Waals surface area contributed by atoms with E-state index < -0.39 is 57.1 Å². The number of para-hydroxylation sites is 4. The molecule has 0 spiro atoms. The molecule has 2 saturated heterocycles. The molecule has 30 heteroatoms. The number of pyridine rings is 8. The van der Waals surface area contributed by atoms with Crippen molar-refractivity contribution in [3.63, 3.8) is 0 Å². The van der Waals surface area contributed by atoms with Gasteiger partial charge in [-0.2, -0.15) is 13.2 Å². The van der Waals surface area contributed by atoms with Crippen LogP contribution in [0.1, 0.15) is 66.5 Å². The van der Waals surface area contributed by atoms with Crippen molar-refractivity contribution in [2.45, 2.75) is 73.9 Å². The summed E-state index contributed by atoms with van der Waals surface area (Å²) in [5.41, 5.74) is 8.19. The van der Waals surface area contributed by atoms with Gasteiger partial charge in [-0.3, -0.25) is 37.4 Å². The zero-order valence-corrected chi connectivity index (χ0v) is 75.3. The highest BCUT2D eigenvalue weighted by atomic mass is 19.4. The number of ether oxygens (including phenoxy) is 3. The predicted molar refractivity (Wildman–Crippen MR) is 547 cm³/mol. The lowest BCUT2D eigenvalue weighted by atomic mass is 10.1. The van der Waals surface area contributed by atoms with E-state index in [9.17, 15) is 49.9 Å². The van der Waals surface area contributed by atoms with E-state index in [-0.39, 0.29) is 93.5 Å². The molecule has 8 aromatic heterocycles. The van der Waals surface area contributed by atoms with E-state index in [2.05, 4.69) is 48.7 Å². The molecule has 2 fully saturated rings. The van der Waals surface area contributed by atoms with Crippen LogP contribution in [0, 0.1) is 42.9 Å². The van der Waals surface area contributed by atoms with E-state index in [1.807, 2.05) is 213 Å². The molecule has 0 aliphatic carbocycles. The smallest absolute Gasteiger partial charge is 0.417 e. The maximum atomic E-state index is 15.2. The maximum absolute atomic E-state index is 15.2. The lowest BCUT2D eigenvalue weighted by molar-refractivity contribution is -0.136. The third-order valence-electron chi connectivity index (χ3n) is 22.9. The Bertz CT molecular complexity index is 7750. The zero-order valence-electron chi connectivity index (χ0n) is 75.3. The number of halogens is 8. The molecule has 18 aromatic rings. The molecule has 10 heterocycles. The average molecular weight is 1900 g/mol. The molecule has 0 bridgehead atoms. The number of aromatic nitrogens is 8. The third-order valence-corrected chi connectivity index (χ3v) is 22.9. The van der Waals surface area contributed by atoms with Gasteiger partial charge in [0.2, 0.25) is 0 Å². The van der Waals surface area contributed by atoms with Gasteiger partial charge in [-0.15, -0.1) is 0 Å². The second-order valence-electron chi connectivity index (χ2n) is 33.0. The van der Waals surface area contributed by atoms with Gasteiger partial charge in [0.15, 0.2) is 55.9 Å². The largest absolute Gasteiger partial charge is 0.497 e. The van der Waals surface area contributed by atoms with Crippen molar-refractivity contribution in [1.29, 1.82) is 0 Å². The molecule has 5 N–H and O–H groups in total. The summed E-state index contributed by atoms with van der Waals surface area (Å²) in [4.78, 5) is 74.8. The van der Waals surface area contributed by atoms with Crippen LogP contribution < -0.4 is 62.8 Å². The van der Waals surface area contributed by atoms with E-state index in [1.165, 1.54) is 93.6 Å². The van der Waals surface area contributed by atoms with Crippen molar-refractivity contribution in [1.82, 2.24) is 38.2 Å². The van der Waals surface area contributed by atoms with Crippen LogP contribution in [0.4, 0.5) is 98.6 Å². The Balaban J connectivity index is 0.000000168. The van der Waals surface area contributed by atoms with Gasteiger partial charge < -0.3 is 50.6 Å². The van der Waals surface area contributed by atoms with Crippen molar-refractivity contribution in [2.75, 3.05) is 82.9 Å². The van der Waals surface area contributed by atoms with Crippen molar-refractivity contribution >= 4 is 108 Å². The minimum absolute atomic E-state index is 0. The van der Waals surface area contributed by atoms with E-state index >= 15 is 4.39 Å².